The fourth-order valence-electron chi connectivity index (χ4n) is 1.32. The lowest BCUT2D eigenvalue weighted by atomic mass is 10.1. The lowest BCUT2D eigenvalue weighted by molar-refractivity contribution is 0.347. The van der Waals surface area contributed by atoms with Crippen LogP contribution in [-0.4, -0.2) is 9.78 Å². The van der Waals surface area contributed by atoms with Crippen molar-refractivity contribution in [1.29, 1.82) is 0 Å². The second-order valence-electron chi connectivity index (χ2n) is 4.04. The number of aromatic nitrogens is 2. The molecule has 0 amide bonds. The fraction of sp³-hybridized carbons (Fsp3) is 0.667. The molecule has 1 rings (SSSR count). The van der Waals surface area contributed by atoms with Crippen LogP contribution < -0.4 is 5.73 Å². The maximum Gasteiger partial charge on any atom is 0.0546 e. The number of hydrogen-bond donors (Lipinski definition) is 1. The summed E-state index contributed by atoms with van der Waals surface area (Å²) < 4.78 is 2.01. The first-order valence-electron chi connectivity index (χ1n) is 4.21. The molecule has 0 spiro atoms. The monoisotopic (exact) mass is 167 g/mol. The van der Waals surface area contributed by atoms with Gasteiger partial charge in [0.2, 0.25) is 0 Å². The second-order valence-corrected chi connectivity index (χ2v) is 4.04. The predicted octanol–water partition coefficient (Wildman–Crippen LogP) is 1.41. The standard InChI is InChI=1S/C9H17N3/c1-7-8(5-10)6-11-12(7)9(2,3)4/h6H,5,10H2,1-4H3. The van der Waals surface area contributed by atoms with E-state index in [0.717, 1.165) is 5.56 Å². The molecule has 68 valence electrons. The summed E-state index contributed by atoms with van der Waals surface area (Å²) in [5.41, 5.74) is 7.91. The van der Waals surface area contributed by atoms with Crippen molar-refractivity contribution in [1.82, 2.24) is 9.78 Å². The Morgan fingerprint density at radius 1 is 1.50 bits per heavy atom. The van der Waals surface area contributed by atoms with E-state index in [0.29, 0.717) is 6.54 Å². The van der Waals surface area contributed by atoms with Crippen LogP contribution in [0.4, 0.5) is 0 Å². The van der Waals surface area contributed by atoms with E-state index in [2.05, 4.69) is 32.8 Å². The summed E-state index contributed by atoms with van der Waals surface area (Å²) in [7, 11) is 0. The normalized spacial score (nSPS) is 12.1. The van der Waals surface area contributed by atoms with Crippen LogP contribution in [0.2, 0.25) is 0 Å². The molecule has 2 N–H and O–H groups in total. The van der Waals surface area contributed by atoms with Crippen molar-refractivity contribution < 1.29 is 0 Å². The Hall–Kier alpha value is -0.830. The van der Waals surface area contributed by atoms with Gasteiger partial charge in [0.1, 0.15) is 0 Å². The maximum atomic E-state index is 5.55. The summed E-state index contributed by atoms with van der Waals surface area (Å²) >= 11 is 0. The Kier molecular flexibility index (Phi) is 2.24. The number of rotatable bonds is 1. The van der Waals surface area contributed by atoms with Crippen molar-refractivity contribution in [3.8, 4) is 0 Å². The maximum absolute atomic E-state index is 5.55. The minimum atomic E-state index is 0.0531. The van der Waals surface area contributed by atoms with Gasteiger partial charge in [-0.05, 0) is 27.7 Å². The minimum absolute atomic E-state index is 0.0531. The fourth-order valence-corrected chi connectivity index (χ4v) is 1.32. The average molecular weight is 167 g/mol. The molecule has 1 aromatic heterocycles. The van der Waals surface area contributed by atoms with Gasteiger partial charge in [-0.1, -0.05) is 0 Å². The van der Waals surface area contributed by atoms with Gasteiger partial charge in [0.25, 0.3) is 0 Å². The van der Waals surface area contributed by atoms with Gasteiger partial charge in [0.05, 0.1) is 11.7 Å². The molecule has 1 heterocycles. The third-order valence-electron chi connectivity index (χ3n) is 1.97. The highest BCUT2D eigenvalue weighted by atomic mass is 15.3. The van der Waals surface area contributed by atoms with Crippen LogP contribution in [0.5, 0.6) is 0 Å². The van der Waals surface area contributed by atoms with Crippen LogP contribution >= 0.6 is 0 Å². The second kappa shape index (κ2) is 2.90. The number of hydrogen-bond acceptors (Lipinski definition) is 2. The minimum Gasteiger partial charge on any atom is -0.326 e. The summed E-state index contributed by atoms with van der Waals surface area (Å²) in [4.78, 5) is 0. The molecule has 0 aliphatic heterocycles. The van der Waals surface area contributed by atoms with Crippen LogP contribution in [0.1, 0.15) is 32.0 Å². The first kappa shape index (κ1) is 9.26. The van der Waals surface area contributed by atoms with Gasteiger partial charge < -0.3 is 5.73 Å². The van der Waals surface area contributed by atoms with Crippen LogP contribution in [0, 0.1) is 6.92 Å². The van der Waals surface area contributed by atoms with Gasteiger partial charge in [-0.2, -0.15) is 5.10 Å². The Balaban J connectivity index is 3.11. The SMILES string of the molecule is Cc1c(CN)cnn1C(C)(C)C. The summed E-state index contributed by atoms with van der Waals surface area (Å²) in [5, 5.41) is 4.29. The van der Waals surface area contributed by atoms with Crippen LogP contribution in [0.3, 0.4) is 0 Å². The summed E-state index contributed by atoms with van der Waals surface area (Å²) in [5.74, 6) is 0. The largest absolute Gasteiger partial charge is 0.326 e. The van der Waals surface area contributed by atoms with E-state index in [-0.39, 0.29) is 5.54 Å². The van der Waals surface area contributed by atoms with E-state index in [1.165, 1.54) is 5.69 Å². The molecule has 3 heteroatoms. The van der Waals surface area contributed by atoms with Crippen molar-refractivity contribution >= 4 is 0 Å². The molecular formula is C9H17N3. The number of nitrogens with two attached hydrogens (primary N) is 1. The molecule has 3 nitrogen and oxygen atoms in total. The molecule has 0 aliphatic carbocycles. The van der Waals surface area contributed by atoms with E-state index in [4.69, 9.17) is 5.73 Å². The number of nitrogens with zero attached hydrogens (tertiary/aromatic N) is 2. The van der Waals surface area contributed by atoms with E-state index in [1.807, 2.05) is 10.9 Å². The molecule has 0 unspecified atom stereocenters. The molecular weight excluding hydrogens is 150 g/mol. The topological polar surface area (TPSA) is 43.8 Å². The van der Waals surface area contributed by atoms with E-state index < -0.39 is 0 Å². The first-order valence-corrected chi connectivity index (χ1v) is 4.21. The van der Waals surface area contributed by atoms with Gasteiger partial charge in [-0.15, -0.1) is 0 Å². The van der Waals surface area contributed by atoms with Crippen molar-refractivity contribution in [2.75, 3.05) is 0 Å². The highest BCUT2D eigenvalue weighted by Gasteiger charge is 2.17. The summed E-state index contributed by atoms with van der Waals surface area (Å²) in [6, 6.07) is 0. The lowest BCUT2D eigenvalue weighted by Gasteiger charge is -2.21. The zero-order valence-corrected chi connectivity index (χ0v) is 8.26. The van der Waals surface area contributed by atoms with Crippen molar-refractivity contribution in [2.45, 2.75) is 39.8 Å². The third-order valence-corrected chi connectivity index (χ3v) is 1.97. The molecule has 0 aliphatic rings. The van der Waals surface area contributed by atoms with E-state index in [9.17, 15) is 0 Å². The molecule has 0 aromatic carbocycles. The van der Waals surface area contributed by atoms with Crippen molar-refractivity contribution in [3.05, 3.63) is 17.5 Å². The lowest BCUT2D eigenvalue weighted by Crippen LogP contribution is -2.24. The third kappa shape index (κ3) is 1.50. The molecule has 0 saturated carbocycles. The zero-order chi connectivity index (χ0) is 9.35. The molecule has 0 atom stereocenters. The van der Waals surface area contributed by atoms with Crippen molar-refractivity contribution in [3.63, 3.8) is 0 Å². The Morgan fingerprint density at radius 3 is 2.33 bits per heavy atom. The molecule has 1 aromatic rings. The quantitative estimate of drug-likeness (QED) is 0.687. The predicted molar refractivity (Wildman–Crippen MR) is 49.9 cm³/mol. The highest BCUT2D eigenvalue weighted by molar-refractivity contribution is 5.16. The average Bonchev–Trinajstić information content (AvgIpc) is 2.29. The van der Waals surface area contributed by atoms with Crippen LogP contribution in [-0.2, 0) is 12.1 Å². The molecule has 0 saturated heterocycles. The smallest absolute Gasteiger partial charge is 0.0546 e. The Labute approximate surface area is 73.6 Å². The first-order chi connectivity index (χ1) is 5.46. The summed E-state index contributed by atoms with van der Waals surface area (Å²) in [6.45, 7) is 9.02. The van der Waals surface area contributed by atoms with Gasteiger partial charge in [-0.25, -0.2) is 0 Å². The van der Waals surface area contributed by atoms with E-state index >= 15 is 0 Å². The van der Waals surface area contributed by atoms with Gasteiger partial charge in [0.15, 0.2) is 0 Å². The highest BCUT2D eigenvalue weighted by Crippen LogP contribution is 2.17. The summed E-state index contributed by atoms with van der Waals surface area (Å²) in [6.07, 6.45) is 1.85. The molecule has 0 fully saturated rings. The molecule has 0 bridgehead atoms. The Bertz CT molecular complexity index is 268. The van der Waals surface area contributed by atoms with Gasteiger partial charge >= 0.3 is 0 Å². The molecule has 12 heavy (non-hydrogen) atoms. The van der Waals surface area contributed by atoms with Gasteiger partial charge in [0, 0.05) is 17.8 Å². The van der Waals surface area contributed by atoms with Crippen LogP contribution in [0.15, 0.2) is 6.20 Å². The zero-order valence-electron chi connectivity index (χ0n) is 8.26. The van der Waals surface area contributed by atoms with Crippen molar-refractivity contribution in [2.24, 2.45) is 5.73 Å². The van der Waals surface area contributed by atoms with Crippen LogP contribution in [0.25, 0.3) is 0 Å². The van der Waals surface area contributed by atoms with E-state index in [1.54, 1.807) is 0 Å². The Morgan fingerprint density at radius 2 is 2.08 bits per heavy atom. The van der Waals surface area contributed by atoms with Gasteiger partial charge in [-0.3, -0.25) is 4.68 Å². The molecule has 0 radical (unpaired) electrons.